The fourth-order valence-electron chi connectivity index (χ4n) is 3.14. The molecule has 0 fully saturated rings. The fraction of sp³-hybridized carbons (Fsp3) is 0.0455. The van der Waals surface area contributed by atoms with Crippen LogP contribution in [0.5, 0.6) is 0 Å². The third-order valence-corrected chi connectivity index (χ3v) is 4.90. The van der Waals surface area contributed by atoms with Crippen LogP contribution >= 0.6 is 23.2 Å². The molecule has 2 aromatic heterocycles. The maximum Gasteiger partial charge on any atom is 0.167 e. The molecule has 0 aliphatic heterocycles. The standard InChI is InChI=1S/C22H13Cl2FN4/c1-13-5-2-9-17(27-13)22-28-18(12-26)21(14-6-3-7-15(23)11-14)29(22)19-10-4-8-16(24)20(19)25/h2-11H,1H3. The molecule has 2 heterocycles. The predicted molar refractivity (Wildman–Crippen MR) is 112 cm³/mol. The molecule has 0 spiro atoms. The van der Waals surface area contributed by atoms with Gasteiger partial charge in [0.2, 0.25) is 0 Å². The lowest BCUT2D eigenvalue weighted by molar-refractivity contribution is 0.619. The minimum atomic E-state index is -0.617. The first kappa shape index (κ1) is 19.1. The van der Waals surface area contributed by atoms with Crippen molar-refractivity contribution in [2.75, 3.05) is 0 Å². The lowest BCUT2D eigenvalue weighted by Gasteiger charge is -2.14. The van der Waals surface area contributed by atoms with Crippen LogP contribution in [-0.4, -0.2) is 14.5 Å². The van der Waals surface area contributed by atoms with Crippen LogP contribution in [0.4, 0.5) is 4.39 Å². The monoisotopic (exact) mass is 422 g/mol. The summed E-state index contributed by atoms with van der Waals surface area (Å²) in [5.41, 5.74) is 2.61. The Labute approximate surface area is 176 Å². The summed E-state index contributed by atoms with van der Waals surface area (Å²) in [6.07, 6.45) is 0. The van der Waals surface area contributed by atoms with Gasteiger partial charge >= 0.3 is 0 Å². The molecule has 0 aliphatic carbocycles. The first-order valence-corrected chi connectivity index (χ1v) is 9.42. The van der Waals surface area contributed by atoms with Gasteiger partial charge in [-0.1, -0.05) is 47.5 Å². The van der Waals surface area contributed by atoms with Crippen molar-refractivity contribution in [3.63, 3.8) is 0 Å². The summed E-state index contributed by atoms with van der Waals surface area (Å²) in [6, 6.07) is 19.2. The van der Waals surface area contributed by atoms with E-state index in [2.05, 4.69) is 16.0 Å². The molecule has 0 unspecified atom stereocenters. The SMILES string of the molecule is Cc1cccc(-c2nc(C#N)c(-c3cccc(Cl)c3)n2-c2cccc(Cl)c2F)n1. The number of hydrogen-bond acceptors (Lipinski definition) is 3. The van der Waals surface area contributed by atoms with Crippen LogP contribution < -0.4 is 0 Å². The number of nitriles is 1. The summed E-state index contributed by atoms with van der Waals surface area (Å²) >= 11 is 12.2. The Hall–Kier alpha value is -3.20. The quantitative estimate of drug-likeness (QED) is 0.393. The maximum absolute atomic E-state index is 15.0. The van der Waals surface area contributed by atoms with Crippen molar-refractivity contribution in [1.82, 2.24) is 14.5 Å². The second-order valence-corrected chi connectivity index (χ2v) is 7.17. The Morgan fingerprint density at radius 1 is 1.00 bits per heavy atom. The second-order valence-electron chi connectivity index (χ2n) is 6.33. The maximum atomic E-state index is 15.0. The van der Waals surface area contributed by atoms with Crippen LogP contribution in [-0.2, 0) is 0 Å². The van der Waals surface area contributed by atoms with Crippen LogP contribution in [0.3, 0.4) is 0 Å². The van der Waals surface area contributed by atoms with Crippen molar-refractivity contribution < 1.29 is 4.39 Å². The van der Waals surface area contributed by atoms with Gasteiger partial charge in [0.15, 0.2) is 17.3 Å². The van der Waals surface area contributed by atoms with Gasteiger partial charge < -0.3 is 0 Å². The Morgan fingerprint density at radius 3 is 2.48 bits per heavy atom. The van der Waals surface area contributed by atoms with Crippen LogP contribution in [0.15, 0.2) is 60.7 Å². The third-order valence-electron chi connectivity index (χ3n) is 4.37. The zero-order valence-corrected chi connectivity index (χ0v) is 16.7. The summed E-state index contributed by atoms with van der Waals surface area (Å²) in [7, 11) is 0. The largest absolute Gasteiger partial charge is 0.287 e. The molecule has 29 heavy (non-hydrogen) atoms. The highest BCUT2D eigenvalue weighted by Gasteiger charge is 2.24. The third kappa shape index (κ3) is 3.49. The van der Waals surface area contributed by atoms with Crippen LogP contribution in [0.1, 0.15) is 11.4 Å². The fourth-order valence-corrected chi connectivity index (χ4v) is 3.50. The number of nitrogens with zero attached hydrogens (tertiary/aromatic N) is 4. The molecule has 0 aliphatic rings. The molecule has 0 saturated heterocycles. The number of rotatable bonds is 3. The lowest BCUT2D eigenvalue weighted by Crippen LogP contribution is -2.04. The van der Waals surface area contributed by atoms with Crippen molar-refractivity contribution in [2.45, 2.75) is 6.92 Å². The van der Waals surface area contributed by atoms with Gasteiger partial charge in [-0.05, 0) is 43.3 Å². The highest BCUT2D eigenvalue weighted by atomic mass is 35.5. The number of imidazole rings is 1. The molecule has 142 valence electrons. The van der Waals surface area contributed by atoms with Crippen molar-refractivity contribution in [3.05, 3.63) is 87.9 Å². The minimum absolute atomic E-state index is 0.0325. The first-order valence-electron chi connectivity index (χ1n) is 8.67. The molecule has 4 aromatic rings. The number of aryl methyl sites for hydroxylation is 1. The molecule has 0 atom stereocenters. The summed E-state index contributed by atoms with van der Waals surface area (Å²) in [5.74, 6) is -0.283. The summed E-state index contributed by atoms with van der Waals surface area (Å²) in [6.45, 7) is 1.85. The molecule has 7 heteroatoms. The van der Waals surface area contributed by atoms with Crippen molar-refractivity contribution in [1.29, 1.82) is 5.26 Å². The summed E-state index contributed by atoms with van der Waals surface area (Å²) in [4.78, 5) is 8.99. The molecule has 0 amide bonds. The molecular formula is C22H13Cl2FN4. The number of benzene rings is 2. The van der Waals surface area contributed by atoms with Gasteiger partial charge in [0.25, 0.3) is 0 Å². The average Bonchev–Trinajstić information content (AvgIpc) is 3.09. The zero-order chi connectivity index (χ0) is 20.5. The van der Waals surface area contributed by atoms with E-state index < -0.39 is 5.82 Å². The highest BCUT2D eigenvalue weighted by Crippen LogP contribution is 2.35. The van der Waals surface area contributed by atoms with Crippen LogP contribution in [0, 0.1) is 24.1 Å². The van der Waals surface area contributed by atoms with Gasteiger partial charge in [-0.2, -0.15) is 5.26 Å². The van der Waals surface area contributed by atoms with Gasteiger partial charge in [-0.3, -0.25) is 4.57 Å². The van der Waals surface area contributed by atoms with Crippen molar-refractivity contribution in [3.8, 4) is 34.5 Å². The zero-order valence-electron chi connectivity index (χ0n) is 15.2. The van der Waals surface area contributed by atoms with Crippen molar-refractivity contribution in [2.24, 2.45) is 0 Å². The number of halogens is 3. The minimum Gasteiger partial charge on any atom is -0.287 e. The smallest absolute Gasteiger partial charge is 0.167 e. The van der Waals surface area contributed by atoms with Crippen LogP contribution in [0.25, 0.3) is 28.5 Å². The Balaban J connectivity index is 2.13. The Morgan fingerprint density at radius 2 is 1.76 bits per heavy atom. The van der Waals surface area contributed by atoms with Gasteiger partial charge in [-0.15, -0.1) is 0 Å². The summed E-state index contributed by atoms with van der Waals surface area (Å²) in [5, 5.41) is 10.2. The molecule has 0 N–H and O–H groups in total. The van der Waals surface area contributed by atoms with Gasteiger partial charge in [0.05, 0.1) is 16.4 Å². The molecule has 4 nitrogen and oxygen atoms in total. The molecule has 0 saturated carbocycles. The molecule has 0 radical (unpaired) electrons. The molecule has 4 rings (SSSR count). The normalized spacial score (nSPS) is 10.7. The van der Waals surface area contributed by atoms with E-state index in [9.17, 15) is 5.26 Å². The van der Waals surface area contributed by atoms with E-state index in [0.717, 1.165) is 5.69 Å². The van der Waals surface area contributed by atoms with Crippen LogP contribution in [0.2, 0.25) is 10.0 Å². The Kier molecular flexibility index (Phi) is 5.06. The average molecular weight is 423 g/mol. The van der Waals surface area contributed by atoms with Crippen molar-refractivity contribution >= 4 is 23.2 Å². The van der Waals surface area contributed by atoms with E-state index >= 15 is 4.39 Å². The predicted octanol–water partition coefficient (Wildman–Crippen LogP) is 6.23. The van der Waals surface area contributed by atoms with Gasteiger partial charge in [0.1, 0.15) is 11.8 Å². The first-order chi connectivity index (χ1) is 14.0. The summed E-state index contributed by atoms with van der Waals surface area (Å²) < 4.78 is 16.6. The van der Waals surface area contributed by atoms with E-state index in [1.54, 1.807) is 47.0 Å². The topological polar surface area (TPSA) is 54.5 Å². The Bertz CT molecular complexity index is 1270. The molecule has 0 bridgehead atoms. The van der Waals surface area contributed by atoms with E-state index in [0.29, 0.717) is 27.8 Å². The molecule has 2 aromatic carbocycles. The number of pyridine rings is 1. The van der Waals surface area contributed by atoms with E-state index in [1.165, 1.54) is 6.07 Å². The molecular weight excluding hydrogens is 410 g/mol. The van der Waals surface area contributed by atoms with Gasteiger partial charge in [-0.25, -0.2) is 14.4 Å². The van der Waals surface area contributed by atoms with E-state index in [4.69, 9.17) is 23.2 Å². The van der Waals surface area contributed by atoms with Gasteiger partial charge in [0, 0.05) is 16.3 Å². The highest BCUT2D eigenvalue weighted by molar-refractivity contribution is 6.31. The van der Waals surface area contributed by atoms with E-state index in [1.807, 2.05) is 19.1 Å². The number of aromatic nitrogens is 3. The lowest BCUT2D eigenvalue weighted by atomic mass is 10.1. The number of hydrogen-bond donors (Lipinski definition) is 0. The second kappa shape index (κ2) is 7.67. The van der Waals surface area contributed by atoms with E-state index in [-0.39, 0.29) is 16.4 Å².